The Morgan fingerprint density at radius 1 is 1.11 bits per heavy atom. The van der Waals surface area contributed by atoms with Gasteiger partial charge < -0.3 is 10.6 Å². The average Bonchev–Trinajstić information content (AvgIpc) is 2.37. The van der Waals surface area contributed by atoms with Crippen molar-refractivity contribution in [3.63, 3.8) is 0 Å². The molecule has 0 heterocycles. The molecular weight excluding hydrogens is 234 g/mol. The lowest BCUT2D eigenvalue weighted by molar-refractivity contribution is 0.622. The molecule has 0 saturated heterocycles. The Morgan fingerprint density at radius 3 is 2.50 bits per heavy atom. The fraction of sp³-hybridized carbons (Fsp3) is 0.143. The Hall–Kier alpha value is -1.94. The zero-order valence-corrected chi connectivity index (χ0v) is 10.0. The number of hydrogen-bond acceptors (Lipinski definition) is 2. The molecule has 0 spiro atoms. The second-order valence-corrected chi connectivity index (χ2v) is 4.03. The number of halogens is 2. The number of rotatable bonds is 3. The first-order chi connectivity index (χ1) is 8.61. The maximum absolute atomic E-state index is 13.6. The minimum atomic E-state index is -0.379. The van der Waals surface area contributed by atoms with Gasteiger partial charge in [0.2, 0.25) is 0 Å². The lowest BCUT2D eigenvalue weighted by atomic mass is 10.1. The third-order valence-corrected chi connectivity index (χ3v) is 2.78. The SMILES string of the molecule is CN(c1cc(F)cc(CN)c1)c1ccccc1F. The van der Waals surface area contributed by atoms with Crippen LogP contribution in [0.4, 0.5) is 20.2 Å². The highest BCUT2D eigenvalue weighted by Crippen LogP contribution is 2.27. The van der Waals surface area contributed by atoms with Crippen molar-refractivity contribution >= 4 is 11.4 Å². The van der Waals surface area contributed by atoms with Crippen molar-refractivity contribution < 1.29 is 8.78 Å². The lowest BCUT2D eigenvalue weighted by Crippen LogP contribution is -2.12. The van der Waals surface area contributed by atoms with Gasteiger partial charge in [0.25, 0.3) is 0 Å². The van der Waals surface area contributed by atoms with E-state index in [-0.39, 0.29) is 18.2 Å². The molecule has 0 fully saturated rings. The fourth-order valence-corrected chi connectivity index (χ4v) is 1.81. The Labute approximate surface area is 105 Å². The Balaban J connectivity index is 2.43. The quantitative estimate of drug-likeness (QED) is 0.903. The first-order valence-electron chi connectivity index (χ1n) is 5.59. The van der Waals surface area contributed by atoms with Gasteiger partial charge in [-0.15, -0.1) is 0 Å². The Bertz CT molecular complexity index is 555. The standard InChI is InChI=1S/C14H14F2N2/c1-18(14-5-3-2-4-13(14)16)12-7-10(9-17)6-11(15)8-12/h2-8H,9,17H2,1H3. The molecule has 2 rings (SSSR count). The average molecular weight is 248 g/mol. The maximum Gasteiger partial charge on any atom is 0.146 e. The summed E-state index contributed by atoms with van der Waals surface area (Å²) in [6, 6.07) is 10.8. The summed E-state index contributed by atoms with van der Waals surface area (Å²) >= 11 is 0. The molecule has 2 N–H and O–H groups in total. The van der Waals surface area contributed by atoms with Gasteiger partial charge in [0.15, 0.2) is 0 Å². The molecule has 0 saturated carbocycles. The predicted molar refractivity (Wildman–Crippen MR) is 68.8 cm³/mol. The molecule has 0 unspecified atom stereocenters. The van der Waals surface area contributed by atoms with E-state index < -0.39 is 0 Å². The third-order valence-electron chi connectivity index (χ3n) is 2.78. The van der Waals surface area contributed by atoms with Gasteiger partial charge in [0.1, 0.15) is 11.6 Å². The second-order valence-electron chi connectivity index (χ2n) is 4.03. The molecule has 2 aromatic rings. The summed E-state index contributed by atoms with van der Waals surface area (Å²) in [6.45, 7) is 0.246. The largest absolute Gasteiger partial charge is 0.342 e. The van der Waals surface area contributed by atoms with Crippen LogP contribution in [-0.4, -0.2) is 7.05 Å². The highest BCUT2D eigenvalue weighted by Gasteiger charge is 2.10. The van der Waals surface area contributed by atoms with E-state index in [1.165, 1.54) is 18.2 Å². The Kier molecular flexibility index (Phi) is 3.58. The van der Waals surface area contributed by atoms with Crippen LogP contribution in [0.15, 0.2) is 42.5 Å². The van der Waals surface area contributed by atoms with Crippen molar-refractivity contribution in [1.29, 1.82) is 0 Å². The van der Waals surface area contributed by atoms with Crippen LogP contribution in [0.3, 0.4) is 0 Å². The van der Waals surface area contributed by atoms with Gasteiger partial charge in [-0.25, -0.2) is 8.78 Å². The summed E-state index contributed by atoms with van der Waals surface area (Å²) in [4.78, 5) is 1.59. The zero-order valence-electron chi connectivity index (χ0n) is 10.0. The normalized spacial score (nSPS) is 10.4. The maximum atomic E-state index is 13.6. The van der Waals surface area contributed by atoms with Gasteiger partial charge in [-0.1, -0.05) is 12.1 Å². The number of para-hydroxylation sites is 1. The van der Waals surface area contributed by atoms with Crippen molar-refractivity contribution in [1.82, 2.24) is 0 Å². The van der Waals surface area contributed by atoms with Gasteiger partial charge >= 0.3 is 0 Å². The molecule has 0 atom stereocenters. The van der Waals surface area contributed by atoms with E-state index >= 15 is 0 Å². The molecule has 94 valence electrons. The molecule has 2 aromatic carbocycles. The van der Waals surface area contributed by atoms with Crippen molar-refractivity contribution in [3.8, 4) is 0 Å². The molecule has 4 heteroatoms. The molecule has 0 amide bonds. The van der Waals surface area contributed by atoms with Crippen molar-refractivity contribution in [2.45, 2.75) is 6.54 Å². The summed E-state index contributed by atoms with van der Waals surface area (Å²) in [7, 11) is 1.69. The first-order valence-corrected chi connectivity index (χ1v) is 5.59. The van der Waals surface area contributed by atoms with E-state index in [0.717, 1.165) is 0 Å². The first kappa shape index (κ1) is 12.5. The van der Waals surface area contributed by atoms with Crippen molar-refractivity contribution in [2.24, 2.45) is 5.73 Å². The zero-order chi connectivity index (χ0) is 13.1. The number of hydrogen-bond donors (Lipinski definition) is 1. The smallest absolute Gasteiger partial charge is 0.146 e. The molecule has 0 aromatic heterocycles. The molecule has 0 bridgehead atoms. The van der Waals surface area contributed by atoms with Crippen LogP contribution in [-0.2, 0) is 6.54 Å². The summed E-state index contributed by atoms with van der Waals surface area (Å²) in [6.07, 6.45) is 0. The van der Waals surface area contributed by atoms with Gasteiger partial charge in [-0.05, 0) is 35.9 Å². The van der Waals surface area contributed by atoms with Crippen LogP contribution < -0.4 is 10.6 Å². The second kappa shape index (κ2) is 5.14. The van der Waals surface area contributed by atoms with Crippen molar-refractivity contribution in [3.05, 3.63) is 59.7 Å². The van der Waals surface area contributed by atoms with Gasteiger partial charge in [0, 0.05) is 19.3 Å². The number of nitrogens with two attached hydrogens (primary N) is 1. The van der Waals surface area contributed by atoms with Crippen LogP contribution in [0.5, 0.6) is 0 Å². The van der Waals surface area contributed by atoms with Crippen LogP contribution in [0.1, 0.15) is 5.56 Å². The van der Waals surface area contributed by atoms with E-state index in [1.54, 1.807) is 36.2 Å². The van der Waals surface area contributed by atoms with Crippen LogP contribution in [0.2, 0.25) is 0 Å². The highest BCUT2D eigenvalue weighted by molar-refractivity contribution is 5.63. The monoisotopic (exact) mass is 248 g/mol. The predicted octanol–water partition coefficient (Wildman–Crippen LogP) is 3.19. The molecule has 0 aliphatic rings. The molecule has 0 aliphatic heterocycles. The number of anilines is 2. The lowest BCUT2D eigenvalue weighted by Gasteiger charge is -2.20. The molecule has 2 nitrogen and oxygen atoms in total. The van der Waals surface area contributed by atoms with E-state index in [1.807, 2.05) is 0 Å². The number of benzene rings is 2. The fourth-order valence-electron chi connectivity index (χ4n) is 1.81. The van der Waals surface area contributed by atoms with Crippen LogP contribution in [0, 0.1) is 11.6 Å². The van der Waals surface area contributed by atoms with E-state index in [2.05, 4.69) is 0 Å². The summed E-state index contributed by atoms with van der Waals surface area (Å²) in [5, 5.41) is 0. The minimum Gasteiger partial charge on any atom is -0.342 e. The van der Waals surface area contributed by atoms with E-state index in [4.69, 9.17) is 5.73 Å². The summed E-state index contributed by atoms with van der Waals surface area (Å²) in [5.74, 6) is -0.727. The van der Waals surface area contributed by atoms with E-state index in [0.29, 0.717) is 16.9 Å². The van der Waals surface area contributed by atoms with E-state index in [9.17, 15) is 8.78 Å². The summed E-state index contributed by atoms with van der Waals surface area (Å²) < 4.78 is 27.1. The number of nitrogens with zero attached hydrogens (tertiary/aromatic N) is 1. The third kappa shape index (κ3) is 2.49. The van der Waals surface area contributed by atoms with Gasteiger partial charge in [-0.2, -0.15) is 0 Å². The Morgan fingerprint density at radius 2 is 1.83 bits per heavy atom. The molecule has 18 heavy (non-hydrogen) atoms. The summed E-state index contributed by atoms with van der Waals surface area (Å²) in [5.41, 5.74) is 7.14. The minimum absolute atomic E-state index is 0.246. The topological polar surface area (TPSA) is 29.3 Å². The molecular formula is C14H14F2N2. The van der Waals surface area contributed by atoms with Gasteiger partial charge in [-0.3, -0.25) is 0 Å². The molecule has 0 aliphatic carbocycles. The molecule has 0 radical (unpaired) electrons. The van der Waals surface area contributed by atoms with Gasteiger partial charge in [0.05, 0.1) is 5.69 Å². The highest BCUT2D eigenvalue weighted by atomic mass is 19.1. The van der Waals surface area contributed by atoms with Crippen molar-refractivity contribution in [2.75, 3.05) is 11.9 Å². The van der Waals surface area contributed by atoms with Crippen LogP contribution in [0.25, 0.3) is 0 Å². The van der Waals surface area contributed by atoms with Crippen LogP contribution >= 0.6 is 0 Å².